The van der Waals surface area contributed by atoms with Crippen molar-refractivity contribution >= 4 is 39.0 Å². The number of benzene rings is 2. The molecule has 124 valence electrons. The molecule has 4 aromatic rings. The first-order chi connectivity index (χ1) is 12.1. The third kappa shape index (κ3) is 3.08. The maximum atomic E-state index is 15.3. The van der Waals surface area contributed by atoms with Gasteiger partial charge in [0.05, 0.1) is 15.7 Å². The molecule has 0 radical (unpaired) electrons. The quantitative estimate of drug-likeness (QED) is 0.531. The average molecular weight is 370 g/mol. The number of thiazole rings is 1. The molecule has 3 nitrogen and oxygen atoms in total. The third-order valence-corrected chi connectivity index (χ3v) is 5.00. The van der Waals surface area contributed by atoms with Crippen LogP contribution in [0.5, 0.6) is 0 Å². The van der Waals surface area contributed by atoms with Gasteiger partial charge in [-0.1, -0.05) is 29.8 Å². The number of nitrogen functional groups attached to an aromatic ring is 1. The summed E-state index contributed by atoms with van der Waals surface area (Å²) in [6.45, 7) is 0. The van der Waals surface area contributed by atoms with Crippen LogP contribution >= 0.6 is 22.9 Å². The molecule has 6 heteroatoms. The van der Waals surface area contributed by atoms with Crippen molar-refractivity contribution in [3.63, 3.8) is 0 Å². The Morgan fingerprint density at radius 1 is 1.12 bits per heavy atom. The lowest BCUT2D eigenvalue weighted by Gasteiger charge is -2.11. The van der Waals surface area contributed by atoms with E-state index in [1.54, 1.807) is 29.9 Å². The number of pyridine rings is 1. The Bertz CT molecular complexity index is 1060. The number of nitrogens with zero attached hydrogens (tertiary/aromatic N) is 2. The van der Waals surface area contributed by atoms with Crippen molar-refractivity contribution in [3.8, 4) is 11.1 Å². The monoisotopic (exact) mass is 369 g/mol. The highest BCUT2D eigenvalue weighted by atomic mass is 35.5. The second-order valence-electron chi connectivity index (χ2n) is 5.70. The van der Waals surface area contributed by atoms with E-state index in [0.717, 1.165) is 15.8 Å². The summed E-state index contributed by atoms with van der Waals surface area (Å²) in [6.07, 6.45) is 2.10. The summed E-state index contributed by atoms with van der Waals surface area (Å²) in [4.78, 5) is 8.43. The summed E-state index contributed by atoms with van der Waals surface area (Å²) in [5.74, 6) is 0.166. The highest BCUT2D eigenvalue weighted by Gasteiger charge is 2.17. The van der Waals surface area contributed by atoms with Crippen molar-refractivity contribution in [3.05, 3.63) is 76.1 Å². The van der Waals surface area contributed by atoms with Crippen molar-refractivity contribution in [2.75, 3.05) is 5.73 Å². The van der Waals surface area contributed by atoms with Crippen LogP contribution in [-0.2, 0) is 6.42 Å². The van der Waals surface area contributed by atoms with Crippen LogP contribution in [0.4, 0.5) is 10.2 Å². The van der Waals surface area contributed by atoms with Crippen molar-refractivity contribution in [1.29, 1.82) is 0 Å². The van der Waals surface area contributed by atoms with Crippen LogP contribution in [0.2, 0.25) is 5.02 Å². The fourth-order valence-electron chi connectivity index (χ4n) is 2.83. The topological polar surface area (TPSA) is 51.8 Å². The molecule has 0 fully saturated rings. The number of rotatable bonds is 3. The van der Waals surface area contributed by atoms with Crippen LogP contribution in [0.25, 0.3) is 21.3 Å². The Kier molecular flexibility index (Phi) is 4.11. The van der Waals surface area contributed by atoms with Gasteiger partial charge in [0.25, 0.3) is 0 Å². The van der Waals surface area contributed by atoms with Gasteiger partial charge in [-0.3, -0.25) is 0 Å². The lowest BCUT2D eigenvalue weighted by molar-refractivity contribution is 0.619. The fourth-order valence-corrected chi connectivity index (χ4v) is 3.77. The van der Waals surface area contributed by atoms with Crippen LogP contribution < -0.4 is 5.73 Å². The molecule has 0 aliphatic heterocycles. The highest BCUT2D eigenvalue weighted by molar-refractivity contribution is 7.16. The van der Waals surface area contributed by atoms with E-state index in [9.17, 15) is 0 Å². The minimum absolute atomic E-state index is 0.280. The minimum atomic E-state index is -0.280. The van der Waals surface area contributed by atoms with Crippen LogP contribution in [0.3, 0.4) is 0 Å². The Hall–Kier alpha value is -2.50. The van der Waals surface area contributed by atoms with Crippen LogP contribution in [0, 0.1) is 5.82 Å². The summed E-state index contributed by atoms with van der Waals surface area (Å²) in [5, 5.41) is 0.563. The van der Waals surface area contributed by atoms with Gasteiger partial charge in [-0.25, -0.2) is 14.4 Å². The van der Waals surface area contributed by atoms with E-state index in [4.69, 9.17) is 17.3 Å². The number of halogens is 2. The van der Waals surface area contributed by atoms with Gasteiger partial charge in [-0.2, -0.15) is 0 Å². The summed E-state index contributed by atoms with van der Waals surface area (Å²) in [6, 6.07) is 12.6. The van der Waals surface area contributed by atoms with E-state index in [2.05, 4.69) is 9.97 Å². The van der Waals surface area contributed by atoms with Gasteiger partial charge in [0.1, 0.15) is 11.6 Å². The van der Waals surface area contributed by atoms with Crippen LogP contribution in [-0.4, -0.2) is 9.97 Å². The van der Waals surface area contributed by atoms with Gasteiger partial charge in [-0.15, -0.1) is 11.3 Å². The Morgan fingerprint density at radius 3 is 2.76 bits per heavy atom. The minimum Gasteiger partial charge on any atom is -0.384 e. The molecule has 0 spiro atoms. The molecule has 0 bridgehead atoms. The Labute approximate surface area is 152 Å². The maximum Gasteiger partial charge on any atom is 0.136 e. The molecular weight excluding hydrogens is 357 g/mol. The zero-order valence-corrected chi connectivity index (χ0v) is 14.6. The van der Waals surface area contributed by atoms with Crippen molar-refractivity contribution in [1.82, 2.24) is 9.97 Å². The molecule has 0 unspecified atom stereocenters. The third-order valence-electron chi connectivity index (χ3n) is 3.99. The number of hydrogen-bond donors (Lipinski definition) is 1. The van der Waals surface area contributed by atoms with Gasteiger partial charge in [0.2, 0.25) is 0 Å². The number of nitrogens with two attached hydrogens (primary N) is 1. The second-order valence-corrected chi connectivity index (χ2v) is 7.02. The van der Waals surface area contributed by atoms with Crippen molar-refractivity contribution < 1.29 is 4.39 Å². The lowest BCUT2D eigenvalue weighted by Crippen LogP contribution is -1.98. The van der Waals surface area contributed by atoms with E-state index in [0.29, 0.717) is 33.9 Å². The highest BCUT2D eigenvalue weighted by Crippen LogP contribution is 2.36. The van der Waals surface area contributed by atoms with Gasteiger partial charge in [0, 0.05) is 23.2 Å². The molecule has 25 heavy (non-hydrogen) atoms. The molecule has 2 N–H and O–H groups in total. The SMILES string of the molecule is Nc1ccc(Cc2cc3scnc3c(-c3cccc(Cl)c3)c2F)cn1. The predicted octanol–water partition coefficient (Wildman–Crippen LogP) is 5.32. The average Bonchev–Trinajstić information content (AvgIpc) is 3.05. The molecule has 2 aromatic carbocycles. The molecule has 2 heterocycles. The number of anilines is 1. The van der Waals surface area contributed by atoms with E-state index >= 15 is 4.39 Å². The zero-order chi connectivity index (χ0) is 17.4. The van der Waals surface area contributed by atoms with E-state index < -0.39 is 0 Å². The molecule has 0 saturated heterocycles. The van der Waals surface area contributed by atoms with E-state index in [-0.39, 0.29) is 5.82 Å². The van der Waals surface area contributed by atoms with Crippen molar-refractivity contribution in [2.45, 2.75) is 6.42 Å². The first kappa shape index (κ1) is 16.0. The van der Waals surface area contributed by atoms with Gasteiger partial charge >= 0.3 is 0 Å². The molecule has 0 atom stereocenters. The number of fused-ring (bicyclic) bond motifs is 1. The summed E-state index contributed by atoms with van der Waals surface area (Å²) >= 11 is 7.59. The molecule has 4 rings (SSSR count). The maximum absolute atomic E-state index is 15.3. The molecular formula is C19H13ClFN3S. The molecule has 0 aliphatic carbocycles. The molecule has 0 saturated carbocycles. The standard InChI is InChI=1S/C19H13ClFN3S/c20-14-3-1-2-12(7-14)17-18(21)13(8-15-19(17)24-10-25-15)6-11-4-5-16(22)23-9-11/h1-5,7-10H,6H2,(H2,22,23). The first-order valence-corrected chi connectivity index (χ1v) is 8.88. The van der Waals surface area contributed by atoms with Crippen LogP contribution in [0.15, 0.2) is 54.2 Å². The predicted molar refractivity (Wildman–Crippen MR) is 101 cm³/mol. The zero-order valence-electron chi connectivity index (χ0n) is 13.0. The summed E-state index contributed by atoms with van der Waals surface area (Å²) < 4.78 is 16.3. The largest absolute Gasteiger partial charge is 0.384 e. The fraction of sp³-hybridized carbons (Fsp3) is 0.0526. The summed E-state index contributed by atoms with van der Waals surface area (Å²) in [5.41, 5.74) is 10.7. The van der Waals surface area contributed by atoms with E-state index in [1.807, 2.05) is 24.3 Å². The van der Waals surface area contributed by atoms with Gasteiger partial charge in [0.15, 0.2) is 0 Å². The van der Waals surface area contributed by atoms with Crippen molar-refractivity contribution in [2.24, 2.45) is 0 Å². The van der Waals surface area contributed by atoms with Crippen LogP contribution in [0.1, 0.15) is 11.1 Å². The molecule has 0 amide bonds. The van der Waals surface area contributed by atoms with Gasteiger partial charge < -0.3 is 5.73 Å². The molecule has 0 aliphatic rings. The second kappa shape index (κ2) is 6.43. The van der Waals surface area contributed by atoms with E-state index in [1.165, 1.54) is 11.3 Å². The van der Waals surface area contributed by atoms with Gasteiger partial charge in [-0.05, 0) is 41.0 Å². The first-order valence-electron chi connectivity index (χ1n) is 7.63. The lowest BCUT2D eigenvalue weighted by atomic mass is 9.97. The normalized spacial score (nSPS) is 11.1. The molecule has 2 aromatic heterocycles. The smallest absolute Gasteiger partial charge is 0.136 e. The Morgan fingerprint density at radius 2 is 2.00 bits per heavy atom. The number of hydrogen-bond acceptors (Lipinski definition) is 4. The Balaban J connectivity index is 1.88. The summed E-state index contributed by atoms with van der Waals surface area (Å²) in [7, 11) is 0. The number of aromatic nitrogens is 2.